The lowest BCUT2D eigenvalue weighted by atomic mass is 10.2. The molecule has 6 heteroatoms. The highest BCUT2D eigenvalue weighted by Gasteiger charge is 2.09. The Kier molecular flexibility index (Phi) is 4.49. The standard InChI is InChI=1S/C16H13BrN2O2S/c1-10-6-7-11(8-12(10)17)18-15(20)9-22-16-19-13-4-2-3-5-14(13)21-16/h2-8H,9H2,1H3,(H,18,20). The van der Waals surface area contributed by atoms with Crippen molar-refractivity contribution in [3.05, 3.63) is 52.5 Å². The Hall–Kier alpha value is -1.79. The van der Waals surface area contributed by atoms with Gasteiger partial charge in [-0.25, -0.2) is 4.98 Å². The highest BCUT2D eigenvalue weighted by molar-refractivity contribution is 9.10. The number of carbonyl (C=O) groups is 1. The monoisotopic (exact) mass is 376 g/mol. The summed E-state index contributed by atoms with van der Waals surface area (Å²) in [5.41, 5.74) is 3.42. The third kappa shape index (κ3) is 3.51. The fourth-order valence-corrected chi connectivity index (χ4v) is 2.92. The second-order valence-electron chi connectivity index (χ2n) is 4.75. The summed E-state index contributed by atoms with van der Waals surface area (Å²) in [6.45, 7) is 2.00. The van der Waals surface area contributed by atoms with E-state index < -0.39 is 0 Å². The van der Waals surface area contributed by atoms with Crippen LogP contribution in [0.2, 0.25) is 0 Å². The summed E-state index contributed by atoms with van der Waals surface area (Å²) in [5.74, 6) is 0.154. The van der Waals surface area contributed by atoms with Gasteiger partial charge in [-0.2, -0.15) is 0 Å². The number of para-hydroxylation sites is 2. The molecule has 0 aliphatic heterocycles. The van der Waals surface area contributed by atoms with E-state index in [9.17, 15) is 4.79 Å². The third-order valence-corrected chi connectivity index (χ3v) is 4.74. The molecule has 0 saturated carbocycles. The SMILES string of the molecule is Cc1ccc(NC(=O)CSc2nc3ccccc3o2)cc1Br. The highest BCUT2D eigenvalue weighted by Crippen LogP contribution is 2.24. The van der Waals surface area contributed by atoms with Crippen molar-refractivity contribution in [2.24, 2.45) is 0 Å². The van der Waals surface area contributed by atoms with E-state index in [1.807, 2.05) is 49.4 Å². The molecule has 112 valence electrons. The van der Waals surface area contributed by atoms with Crippen LogP contribution in [0.1, 0.15) is 5.56 Å². The number of hydrogen-bond donors (Lipinski definition) is 1. The number of aromatic nitrogens is 1. The molecule has 3 rings (SSSR count). The Morgan fingerprint density at radius 2 is 2.14 bits per heavy atom. The zero-order valence-electron chi connectivity index (χ0n) is 11.8. The van der Waals surface area contributed by atoms with Crippen LogP contribution in [0.25, 0.3) is 11.1 Å². The number of fused-ring (bicyclic) bond motifs is 1. The van der Waals surface area contributed by atoms with Gasteiger partial charge in [-0.15, -0.1) is 0 Å². The molecule has 1 aromatic heterocycles. The van der Waals surface area contributed by atoms with Gasteiger partial charge in [0.05, 0.1) is 5.75 Å². The molecule has 0 bridgehead atoms. The summed E-state index contributed by atoms with van der Waals surface area (Å²) in [5, 5.41) is 3.36. The van der Waals surface area contributed by atoms with Crippen molar-refractivity contribution < 1.29 is 9.21 Å². The minimum absolute atomic E-state index is 0.0944. The van der Waals surface area contributed by atoms with Crippen LogP contribution in [0.3, 0.4) is 0 Å². The van der Waals surface area contributed by atoms with E-state index in [0.717, 1.165) is 26.8 Å². The first kappa shape index (κ1) is 15.1. The Bertz CT molecular complexity index is 799. The minimum Gasteiger partial charge on any atom is -0.431 e. The first-order chi connectivity index (χ1) is 10.6. The fourth-order valence-electron chi connectivity index (χ4n) is 1.91. The van der Waals surface area contributed by atoms with Gasteiger partial charge in [-0.1, -0.05) is 45.9 Å². The van der Waals surface area contributed by atoms with Crippen molar-refractivity contribution in [2.75, 3.05) is 11.1 Å². The van der Waals surface area contributed by atoms with Crippen molar-refractivity contribution in [2.45, 2.75) is 12.1 Å². The first-order valence-electron chi connectivity index (χ1n) is 6.66. The lowest BCUT2D eigenvalue weighted by Gasteiger charge is -2.06. The lowest BCUT2D eigenvalue weighted by Crippen LogP contribution is -2.14. The van der Waals surface area contributed by atoms with Crippen LogP contribution in [-0.2, 0) is 4.79 Å². The summed E-state index contributed by atoms with van der Waals surface area (Å²) < 4.78 is 6.54. The van der Waals surface area contributed by atoms with Crippen molar-refractivity contribution in [3.8, 4) is 0 Å². The van der Waals surface area contributed by atoms with Crippen LogP contribution in [0.5, 0.6) is 0 Å². The van der Waals surface area contributed by atoms with Crippen molar-refractivity contribution in [1.82, 2.24) is 4.98 Å². The van der Waals surface area contributed by atoms with E-state index in [1.165, 1.54) is 11.8 Å². The maximum atomic E-state index is 12.0. The number of benzene rings is 2. The highest BCUT2D eigenvalue weighted by atomic mass is 79.9. The molecule has 2 aromatic carbocycles. The average molecular weight is 377 g/mol. The van der Waals surface area contributed by atoms with Gasteiger partial charge in [0.15, 0.2) is 5.58 Å². The van der Waals surface area contributed by atoms with E-state index in [1.54, 1.807) is 0 Å². The maximum absolute atomic E-state index is 12.0. The smallest absolute Gasteiger partial charge is 0.257 e. The summed E-state index contributed by atoms with van der Waals surface area (Å²) in [4.78, 5) is 16.3. The molecular weight excluding hydrogens is 364 g/mol. The van der Waals surface area contributed by atoms with Gasteiger partial charge in [-0.05, 0) is 36.8 Å². The normalized spacial score (nSPS) is 10.8. The number of oxazole rings is 1. The quantitative estimate of drug-likeness (QED) is 0.674. The number of anilines is 1. The first-order valence-corrected chi connectivity index (χ1v) is 8.44. The number of hydrogen-bond acceptors (Lipinski definition) is 4. The van der Waals surface area contributed by atoms with Crippen LogP contribution in [0.15, 0.2) is 56.6 Å². The number of rotatable bonds is 4. The molecule has 4 nitrogen and oxygen atoms in total. The second-order valence-corrected chi connectivity index (χ2v) is 6.53. The van der Waals surface area contributed by atoms with E-state index in [0.29, 0.717) is 5.22 Å². The van der Waals surface area contributed by atoms with Gasteiger partial charge < -0.3 is 9.73 Å². The molecule has 22 heavy (non-hydrogen) atoms. The second kappa shape index (κ2) is 6.54. The number of nitrogens with zero attached hydrogens (tertiary/aromatic N) is 1. The van der Waals surface area contributed by atoms with Crippen LogP contribution >= 0.6 is 27.7 Å². The Balaban J connectivity index is 1.60. The molecule has 0 unspecified atom stereocenters. The number of halogens is 1. The minimum atomic E-state index is -0.0944. The molecule has 0 fully saturated rings. The van der Waals surface area contributed by atoms with E-state index >= 15 is 0 Å². The molecule has 0 atom stereocenters. The zero-order chi connectivity index (χ0) is 15.5. The molecule has 0 aliphatic carbocycles. The van der Waals surface area contributed by atoms with Crippen molar-refractivity contribution in [3.63, 3.8) is 0 Å². The van der Waals surface area contributed by atoms with Gasteiger partial charge in [0.2, 0.25) is 5.91 Å². The summed E-state index contributed by atoms with van der Waals surface area (Å²) in [6, 6.07) is 13.3. The molecule has 0 aliphatic rings. The number of nitrogens with one attached hydrogen (secondary N) is 1. The molecular formula is C16H13BrN2O2S. The Morgan fingerprint density at radius 3 is 2.91 bits per heavy atom. The van der Waals surface area contributed by atoms with Crippen molar-refractivity contribution in [1.29, 1.82) is 0 Å². The van der Waals surface area contributed by atoms with Gasteiger partial charge in [0.25, 0.3) is 5.22 Å². The zero-order valence-corrected chi connectivity index (χ0v) is 14.2. The number of thioether (sulfide) groups is 1. The van der Waals surface area contributed by atoms with Gasteiger partial charge >= 0.3 is 0 Å². The lowest BCUT2D eigenvalue weighted by molar-refractivity contribution is -0.113. The fraction of sp³-hybridized carbons (Fsp3) is 0.125. The summed E-state index contributed by atoms with van der Waals surface area (Å²) in [6.07, 6.45) is 0. The van der Waals surface area contributed by atoms with Gasteiger partial charge in [-0.3, -0.25) is 4.79 Å². The third-order valence-electron chi connectivity index (χ3n) is 3.06. The van der Waals surface area contributed by atoms with Gasteiger partial charge in [0, 0.05) is 10.2 Å². The van der Waals surface area contributed by atoms with E-state index in [-0.39, 0.29) is 11.7 Å². The number of amides is 1. The molecule has 1 N–H and O–H groups in total. The number of carbonyl (C=O) groups excluding carboxylic acids is 1. The predicted octanol–water partition coefficient (Wildman–Crippen LogP) is 4.63. The summed E-state index contributed by atoms with van der Waals surface area (Å²) in [7, 11) is 0. The average Bonchev–Trinajstić information content (AvgIpc) is 2.92. The molecule has 0 radical (unpaired) electrons. The van der Waals surface area contributed by atoms with Gasteiger partial charge in [0.1, 0.15) is 5.52 Å². The Labute approximate surface area is 140 Å². The summed E-state index contributed by atoms with van der Waals surface area (Å²) >= 11 is 4.73. The van der Waals surface area contributed by atoms with Crippen LogP contribution in [-0.4, -0.2) is 16.6 Å². The van der Waals surface area contributed by atoms with E-state index in [4.69, 9.17) is 4.42 Å². The van der Waals surface area contributed by atoms with E-state index in [2.05, 4.69) is 26.2 Å². The molecule has 1 amide bonds. The number of aryl methyl sites for hydroxylation is 1. The molecule has 3 aromatic rings. The molecule has 0 saturated heterocycles. The van der Waals surface area contributed by atoms with Crippen LogP contribution in [0, 0.1) is 6.92 Å². The van der Waals surface area contributed by atoms with Crippen molar-refractivity contribution >= 4 is 50.4 Å². The predicted molar refractivity (Wildman–Crippen MR) is 92.2 cm³/mol. The topological polar surface area (TPSA) is 55.1 Å². The Morgan fingerprint density at radius 1 is 1.32 bits per heavy atom. The van der Waals surface area contributed by atoms with Crippen LogP contribution < -0.4 is 5.32 Å². The molecule has 1 heterocycles. The largest absolute Gasteiger partial charge is 0.431 e. The molecule has 0 spiro atoms. The maximum Gasteiger partial charge on any atom is 0.257 e. The van der Waals surface area contributed by atoms with Crippen LogP contribution in [0.4, 0.5) is 5.69 Å².